The number of pyridine rings is 2. The number of aromatic nitrogens is 2. The molecular formula is C18H19N3O3. The number of rotatable bonds is 3. The lowest BCUT2D eigenvalue weighted by molar-refractivity contribution is 0.386. The fourth-order valence-corrected chi connectivity index (χ4v) is 2.74. The van der Waals surface area contributed by atoms with Gasteiger partial charge in [0.25, 0.3) is 0 Å². The Morgan fingerprint density at radius 3 is 2.21 bits per heavy atom. The number of aryl methyl sites for hydroxylation is 2. The van der Waals surface area contributed by atoms with Crippen LogP contribution in [0.15, 0.2) is 24.3 Å². The van der Waals surface area contributed by atoms with E-state index < -0.39 is 0 Å². The maximum Gasteiger partial charge on any atom is 0.217 e. The van der Waals surface area contributed by atoms with Crippen LogP contribution >= 0.6 is 0 Å². The Balaban J connectivity index is 2.28. The number of nitrogens with zero attached hydrogens (tertiary/aromatic N) is 2. The lowest BCUT2D eigenvalue weighted by atomic mass is 10.0. The Labute approximate surface area is 139 Å². The zero-order valence-corrected chi connectivity index (χ0v) is 14.0. The van der Waals surface area contributed by atoms with Gasteiger partial charge in [-0.15, -0.1) is 0 Å². The van der Waals surface area contributed by atoms with Crippen LogP contribution in [0.2, 0.25) is 0 Å². The summed E-state index contributed by atoms with van der Waals surface area (Å²) in [6.45, 7) is 3.70. The first-order valence-corrected chi connectivity index (χ1v) is 7.44. The molecule has 6 nitrogen and oxygen atoms in total. The summed E-state index contributed by atoms with van der Waals surface area (Å²) in [5.41, 5.74) is 9.88. The molecule has 2 heterocycles. The molecule has 0 amide bonds. The first-order chi connectivity index (χ1) is 11.4. The maximum absolute atomic E-state index is 9.95. The van der Waals surface area contributed by atoms with Gasteiger partial charge in [0.05, 0.1) is 30.8 Å². The van der Waals surface area contributed by atoms with E-state index in [2.05, 4.69) is 9.97 Å². The number of anilines is 1. The molecule has 0 saturated carbocycles. The minimum atomic E-state index is 0.286. The molecule has 0 spiro atoms. The Bertz CT molecular complexity index is 915. The van der Waals surface area contributed by atoms with Gasteiger partial charge in [-0.2, -0.15) is 0 Å². The summed E-state index contributed by atoms with van der Waals surface area (Å²) in [6.07, 6.45) is 0. The van der Waals surface area contributed by atoms with Gasteiger partial charge in [0.1, 0.15) is 17.3 Å². The van der Waals surface area contributed by atoms with Crippen molar-refractivity contribution < 1.29 is 14.6 Å². The van der Waals surface area contributed by atoms with Crippen molar-refractivity contribution in [2.24, 2.45) is 0 Å². The number of phenols is 1. The van der Waals surface area contributed by atoms with Gasteiger partial charge >= 0.3 is 0 Å². The maximum atomic E-state index is 9.95. The largest absolute Gasteiger partial charge is 0.507 e. The van der Waals surface area contributed by atoms with Gasteiger partial charge < -0.3 is 20.3 Å². The molecule has 0 aliphatic heterocycles. The third kappa shape index (κ3) is 2.56. The number of benzene rings is 1. The topological polar surface area (TPSA) is 90.5 Å². The molecule has 0 unspecified atom stereocenters. The van der Waals surface area contributed by atoms with Crippen LogP contribution in [-0.2, 0) is 0 Å². The van der Waals surface area contributed by atoms with E-state index in [0.717, 1.165) is 16.7 Å². The second-order valence-electron chi connectivity index (χ2n) is 5.61. The molecule has 0 aliphatic carbocycles. The molecule has 124 valence electrons. The fourth-order valence-electron chi connectivity index (χ4n) is 2.74. The average Bonchev–Trinajstić information content (AvgIpc) is 2.57. The lowest BCUT2D eigenvalue weighted by Crippen LogP contribution is -2.00. The second-order valence-corrected chi connectivity index (χ2v) is 5.61. The summed E-state index contributed by atoms with van der Waals surface area (Å²) in [4.78, 5) is 8.92. The number of nitrogen functional groups attached to an aromatic ring is 1. The normalized spacial score (nSPS) is 10.8. The van der Waals surface area contributed by atoms with Crippen LogP contribution in [0, 0.1) is 13.8 Å². The molecule has 3 N–H and O–H groups in total. The molecule has 2 aromatic heterocycles. The highest BCUT2D eigenvalue weighted by Crippen LogP contribution is 2.35. The lowest BCUT2D eigenvalue weighted by Gasteiger charge is -2.12. The third-order valence-corrected chi connectivity index (χ3v) is 3.97. The van der Waals surface area contributed by atoms with Crippen LogP contribution in [0.25, 0.3) is 22.2 Å². The molecule has 24 heavy (non-hydrogen) atoms. The van der Waals surface area contributed by atoms with E-state index in [1.54, 1.807) is 20.3 Å². The summed E-state index contributed by atoms with van der Waals surface area (Å²) < 4.78 is 10.6. The van der Waals surface area contributed by atoms with Crippen LogP contribution in [-0.4, -0.2) is 29.3 Å². The van der Waals surface area contributed by atoms with Crippen LogP contribution in [0.5, 0.6) is 17.4 Å². The van der Waals surface area contributed by atoms with Crippen molar-refractivity contribution in [2.75, 3.05) is 20.0 Å². The molecule has 0 radical (unpaired) electrons. The van der Waals surface area contributed by atoms with Crippen molar-refractivity contribution in [3.8, 4) is 28.6 Å². The minimum absolute atomic E-state index is 0.286. The summed E-state index contributed by atoms with van der Waals surface area (Å²) >= 11 is 0. The van der Waals surface area contributed by atoms with Crippen molar-refractivity contribution in [2.45, 2.75) is 13.8 Å². The van der Waals surface area contributed by atoms with Crippen LogP contribution < -0.4 is 15.2 Å². The standard InChI is InChI=1S/C18H19N3O3/c1-9-5-11(6-10(2)17(9)22)12-7-13-16(18(19)21-12)14(23-3)8-15(20-13)24-4/h5-8,22H,1-4H3,(H2,19,21). The molecule has 0 fully saturated rings. The van der Waals surface area contributed by atoms with Crippen molar-refractivity contribution in [1.29, 1.82) is 0 Å². The molecular weight excluding hydrogens is 306 g/mol. The fraction of sp³-hybridized carbons (Fsp3) is 0.222. The molecule has 3 rings (SSSR count). The van der Waals surface area contributed by atoms with Crippen molar-refractivity contribution in [3.05, 3.63) is 35.4 Å². The number of methoxy groups -OCH3 is 2. The van der Waals surface area contributed by atoms with Crippen LogP contribution in [0.1, 0.15) is 11.1 Å². The number of phenolic OH excluding ortho intramolecular Hbond substituents is 1. The third-order valence-electron chi connectivity index (χ3n) is 3.97. The summed E-state index contributed by atoms with van der Waals surface area (Å²) in [5, 5.41) is 10.6. The van der Waals surface area contributed by atoms with Gasteiger partial charge in [0, 0.05) is 11.6 Å². The van der Waals surface area contributed by atoms with Crippen LogP contribution in [0.4, 0.5) is 5.82 Å². The first-order valence-electron chi connectivity index (χ1n) is 7.44. The number of nitrogens with two attached hydrogens (primary N) is 1. The van der Waals surface area contributed by atoms with Crippen molar-refractivity contribution in [3.63, 3.8) is 0 Å². The summed E-state index contributed by atoms with van der Waals surface area (Å²) in [6, 6.07) is 7.25. The highest BCUT2D eigenvalue weighted by atomic mass is 16.5. The monoisotopic (exact) mass is 325 g/mol. The van der Waals surface area contributed by atoms with Gasteiger partial charge in [0.2, 0.25) is 5.88 Å². The summed E-state index contributed by atoms with van der Waals surface area (Å²) in [5.74, 6) is 1.62. The van der Waals surface area contributed by atoms with E-state index in [4.69, 9.17) is 15.2 Å². The van der Waals surface area contributed by atoms with Gasteiger partial charge in [0.15, 0.2) is 0 Å². The van der Waals surface area contributed by atoms with Crippen molar-refractivity contribution in [1.82, 2.24) is 9.97 Å². The predicted molar refractivity (Wildman–Crippen MR) is 93.6 cm³/mol. The van der Waals surface area contributed by atoms with E-state index in [0.29, 0.717) is 34.0 Å². The molecule has 1 aromatic carbocycles. The zero-order valence-electron chi connectivity index (χ0n) is 14.0. The second kappa shape index (κ2) is 5.88. The highest BCUT2D eigenvalue weighted by Gasteiger charge is 2.14. The molecule has 0 atom stereocenters. The van der Waals surface area contributed by atoms with Gasteiger partial charge in [-0.3, -0.25) is 0 Å². The Morgan fingerprint density at radius 1 is 0.958 bits per heavy atom. The zero-order chi connectivity index (χ0) is 17.4. The van der Waals surface area contributed by atoms with Crippen LogP contribution in [0.3, 0.4) is 0 Å². The van der Waals surface area contributed by atoms with Gasteiger partial charge in [-0.05, 0) is 43.2 Å². The van der Waals surface area contributed by atoms with E-state index in [9.17, 15) is 5.11 Å². The first kappa shape index (κ1) is 15.9. The molecule has 0 saturated heterocycles. The quantitative estimate of drug-likeness (QED) is 0.768. The summed E-state index contributed by atoms with van der Waals surface area (Å²) in [7, 11) is 3.11. The van der Waals surface area contributed by atoms with Gasteiger partial charge in [-0.25, -0.2) is 9.97 Å². The van der Waals surface area contributed by atoms with E-state index in [1.165, 1.54) is 0 Å². The Morgan fingerprint density at radius 2 is 1.62 bits per heavy atom. The van der Waals surface area contributed by atoms with E-state index in [1.807, 2.05) is 32.0 Å². The van der Waals surface area contributed by atoms with Gasteiger partial charge in [-0.1, -0.05) is 0 Å². The predicted octanol–water partition coefficient (Wildman–Crippen LogP) is 3.22. The Hall–Kier alpha value is -3.02. The average molecular weight is 325 g/mol. The minimum Gasteiger partial charge on any atom is -0.507 e. The Kier molecular flexibility index (Phi) is 3.89. The van der Waals surface area contributed by atoms with E-state index in [-0.39, 0.29) is 5.75 Å². The SMILES string of the molecule is COc1cc(OC)c2c(N)nc(-c3cc(C)c(O)c(C)c3)cc2n1. The molecule has 0 bridgehead atoms. The number of hydrogen-bond acceptors (Lipinski definition) is 6. The molecule has 6 heteroatoms. The number of aromatic hydroxyl groups is 1. The molecule has 3 aromatic rings. The number of fused-ring (bicyclic) bond motifs is 1. The number of ether oxygens (including phenoxy) is 2. The van der Waals surface area contributed by atoms with E-state index >= 15 is 0 Å². The smallest absolute Gasteiger partial charge is 0.217 e. The number of hydrogen-bond donors (Lipinski definition) is 2. The van der Waals surface area contributed by atoms with Crippen molar-refractivity contribution >= 4 is 16.7 Å². The molecule has 0 aliphatic rings. The highest BCUT2D eigenvalue weighted by molar-refractivity contribution is 5.96.